The predicted octanol–water partition coefficient (Wildman–Crippen LogP) is 0.119. The number of nitrogens with zero attached hydrogens (tertiary/aromatic N) is 1. The van der Waals surface area contributed by atoms with Crippen LogP contribution in [0, 0.1) is 0 Å². The van der Waals surface area contributed by atoms with Crippen molar-refractivity contribution in [1.82, 2.24) is 10.3 Å². The van der Waals surface area contributed by atoms with E-state index in [2.05, 4.69) is 15.0 Å². The summed E-state index contributed by atoms with van der Waals surface area (Å²) in [5.74, 6) is -1.56. The van der Waals surface area contributed by atoms with Crippen LogP contribution >= 0.6 is 11.3 Å². The standard InChI is InChI=1S/C10H14N2O5S/c1-16-4-8-12-6(5-18-8)9(13)11-3-7(17-2)10(14)15/h5,7H,3-4H2,1-2H3,(H,11,13)(H,14,15). The average Bonchev–Trinajstić information content (AvgIpc) is 2.78. The van der Waals surface area contributed by atoms with Gasteiger partial charge >= 0.3 is 5.97 Å². The molecule has 1 heterocycles. The summed E-state index contributed by atoms with van der Waals surface area (Å²) in [6.45, 7) is 0.232. The van der Waals surface area contributed by atoms with E-state index in [9.17, 15) is 9.59 Å². The van der Waals surface area contributed by atoms with E-state index < -0.39 is 18.0 Å². The van der Waals surface area contributed by atoms with Gasteiger partial charge in [-0.15, -0.1) is 11.3 Å². The largest absolute Gasteiger partial charge is 0.479 e. The molecule has 0 bridgehead atoms. The smallest absolute Gasteiger partial charge is 0.334 e. The number of amides is 1. The Hall–Kier alpha value is -1.51. The van der Waals surface area contributed by atoms with E-state index in [1.807, 2.05) is 0 Å². The van der Waals surface area contributed by atoms with Gasteiger partial charge in [0.05, 0.1) is 13.2 Å². The molecule has 1 amide bonds. The van der Waals surface area contributed by atoms with Crippen LogP contribution in [0.25, 0.3) is 0 Å². The van der Waals surface area contributed by atoms with Gasteiger partial charge in [-0.05, 0) is 0 Å². The highest BCUT2D eigenvalue weighted by molar-refractivity contribution is 7.09. The summed E-state index contributed by atoms with van der Waals surface area (Å²) in [5.41, 5.74) is 0.243. The Kier molecular flexibility index (Phi) is 5.69. The highest BCUT2D eigenvalue weighted by Crippen LogP contribution is 2.10. The number of ether oxygens (including phenoxy) is 2. The van der Waals surface area contributed by atoms with Crippen molar-refractivity contribution in [2.45, 2.75) is 12.7 Å². The molecule has 0 saturated carbocycles. The van der Waals surface area contributed by atoms with Gasteiger partial charge in [-0.3, -0.25) is 4.79 Å². The van der Waals surface area contributed by atoms with Gasteiger partial charge in [0.2, 0.25) is 0 Å². The third-order valence-electron chi connectivity index (χ3n) is 2.06. The van der Waals surface area contributed by atoms with Gasteiger partial charge in [0.15, 0.2) is 6.10 Å². The van der Waals surface area contributed by atoms with Crippen LogP contribution in [0.2, 0.25) is 0 Å². The Labute approximate surface area is 108 Å². The Bertz CT molecular complexity index is 420. The number of carbonyl (C=O) groups excluding carboxylic acids is 1. The van der Waals surface area contributed by atoms with Gasteiger partial charge in [0, 0.05) is 19.6 Å². The molecule has 1 rings (SSSR count). The summed E-state index contributed by atoms with van der Waals surface area (Å²) in [4.78, 5) is 26.4. The average molecular weight is 274 g/mol. The summed E-state index contributed by atoms with van der Waals surface area (Å²) in [6.07, 6.45) is -1.06. The fraction of sp³-hybridized carbons (Fsp3) is 0.500. The van der Waals surface area contributed by atoms with Crippen molar-refractivity contribution in [3.8, 4) is 0 Å². The van der Waals surface area contributed by atoms with Crippen LogP contribution in [0.15, 0.2) is 5.38 Å². The topological polar surface area (TPSA) is 97.8 Å². The van der Waals surface area contributed by atoms with Crippen molar-refractivity contribution in [2.75, 3.05) is 20.8 Å². The maximum absolute atomic E-state index is 11.6. The lowest BCUT2D eigenvalue weighted by molar-refractivity contribution is -0.148. The SMILES string of the molecule is COCc1nc(C(=O)NCC(OC)C(=O)O)cs1. The van der Waals surface area contributed by atoms with Crippen molar-refractivity contribution >= 4 is 23.2 Å². The molecule has 0 fully saturated rings. The molecule has 18 heavy (non-hydrogen) atoms. The first-order valence-corrected chi connectivity index (χ1v) is 5.93. The molecule has 0 spiro atoms. The molecule has 0 radical (unpaired) electrons. The van der Waals surface area contributed by atoms with Gasteiger partial charge in [-0.1, -0.05) is 0 Å². The zero-order valence-corrected chi connectivity index (χ0v) is 10.8. The number of thiazole rings is 1. The Morgan fingerprint density at radius 2 is 2.28 bits per heavy atom. The summed E-state index contributed by atoms with van der Waals surface area (Å²) in [6, 6.07) is 0. The molecular weight excluding hydrogens is 260 g/mol. The monoisotopic (exact) mass is 274 g/mol. The lowest BCUT2D eigenvalue weighted by atomic mass is 10.3. The molecule has 0 aliphatic heterocycles. The number of carboxylic acids is 1. The maximum Gasteiger partial charge on any atom is 0.334 e. The van der Waals surface area contributed by atoms with E-state index in [0.29, 0.717) is 11.6 Å². The first-order valence-electron chi connectivity index (χ1n) is 5.05. The molecule has 0 aliphatic rings. The summed E-state index contributed by atoms with van der Waals surface area (Å²) in [7, 11) is 2.81. The highest BCUT2D eigenvalue weighted by atomic mass is 32.1. The number of hydrogen-bond acceptors (Lipinski definition) is 6. The molecule has 8 heteroatoms. The first-order chi connectivity index (χ1) is 8.58. The van der Waals surface area contributed by atoms with Gasteiger partial charge in [-0.2, -0.15) is 0 Å². The minimum Gasteiger partial charge on any atom is -0.479 e. The van der Waals surface area contributed by atoms with Crippen molar-refractivity contribution < 1.29 is 24.2 Å². The van der Waals surface area contributed by atoms with Crippen LogP contribution in [-0.4, -0.2) is 48.8 Å². The molecule has 0 saturated heterocycles. The van der Waals surface area contributed by atoms with E-state index in [0.717, 1.165) is 0 Å². The van der Waals surface area contributed by atoms with E-state index in [1.54, 1.807) is 5.38 Å². The van der Waals surface area contributed by atoms with Crippen molar-refractivity contribution in [1.29, 1.82) is 0 Å². The fourth-order valence-corrected chi connectivity index (χ4v) is 1.90. The van der Waals surface area contributed by atoms with Crippen LogP contribution in [-0.2, 0) is 20.9 Å². The van der Waals surface area contributed by atoms with Crippen LogP contribution < -0.4 is 5.32 Å². The number of rotatable bonds is 7. The number of aliphatic carboxylic acids is 1. The second-order valence-electron chi connectivity index (χ2n) is 3.33. The van der Waals surface area contributed by atoms with E-state index in [-0.39, 0.29) is 12.2 Å². The van der Waals surface area contributed by atoms with Crippen LogP contribution in [0.4, 0.5) is 0 Å². The minimum absolute atomic E-state index is 0.109. The molecular formula is C10H14N2O5S. The zero-order chi connectivity index (χ0) is 13.5. The van der Waals surface area contributed by atoms with Crippen molar-refractivity contribution in [2.24, 2.45) is 0 Å². The Morgan fingerprint density at radius 3 is 2.83 bits per heavy atom. The third kappa shape index (κ3) is 4.06. The van der Waals surface area contributed by atoms with Gasteiger partial charge in [0.25, 0.3) is 5.91 Å². The maximum atomic E-state index is 11.6. The third-order valence-corrected chi connectivity index (χ3v) is 2.88. The number of carbonyl (C=O) groups is 2. The van der Waals surface area contributed by atoms with Crippen molar-refractivity contribution in [3.63, 3.8) is 0 Å². The van der Waals surface area contributed by atoms with Crippen LogP contribution in [0.3, 0.4) is 0 Å². The predicted molar refractivity (Wildman–Crippen MR) is 63.6 cm³/mol. The molecule has 0 aromatic carbocycles. The fourth-order valence-electron chi connectivity index (χ4n) is 1.15. The van der Waals surface area contributed by atoms with Crippen molar-refractivity contribution in [3.05, 3.63) is 16.1 Å². The van der Waals surface area contributed by atoms with Gasteiger partial charge in [0.1, 0.15) is 10.7 Å². The number of carboxylic acid groups (broad SMARTS) is 1. The number of aromatic nitrogens is 1. The van der Waals surface area contributed by atoms with E-state index in [4.69, 9.17) is 9.84 Å². The number of nitrogens with one attached hydrogen (secondary N) is 1. The molecule has 1 atom stereocenters. The molecule has 1 aromatic rings. The van der Waals surface area contributed by atoms with Gasteiger partial charge < -0.3 is 19.9 Å². The summed E-state index contributed by atoms with van der Waals surface area (Å²) in [5, 5.41) is 13.4. The summed E-state index contributed by atoms with van der Waals surface area (Å²) >= 11 is 1.30. The second kappa shape index (κ2) is 7.04. The Balaban J connectivity index is 2.51. The molecule has 100 valence electrons. The quantitative estimate of drug-likeness (QED) is 0.733. The lowest BCUT2D eigenvalue weighted by Gasteiger charge is -2.10. The number of methoxy groups -OCH3 is 2. The number of hydrogen-bond donors (Lipinski definition) is 2. The second-order valence-corrected chi connectivity index (χ2v) is 4.27. The minimum atomic E-state index is -1.13. The highest BCUT2D eigenvalue weighted by Gasteiger charge is 2.18. The van der Waals surface area contributed by atoms with Crippen LogP contribution in [0.1, 0.15) is 15.5 Å². The normalized spacial score (nSPS) is 12.1. The van der Waals surface area contributed by atoms with Gasteiger partial charge in [-0.25, -0.2) is 9.78 Å². The lowest BCUT2D eigenvalue weighted by Crippen LogP contribution is -2.37. The molecule has 1 unspecified atom stereocenters. The van der Waals surface area contributed by atoms with Crippen LogP contribution in [0.5, 0.6) is 0 Å². The summed E-state index contributed by atoms with van der Waals surface area (Å²) < 4.78 is 9.58. The molecule has 1 aromatic heterocycles. The van der Waals surface area contributed by atoms with E-state index >= 15 is 0 Å². The molecule has 2 N–H and O–H groups in total. The Morgan fingerprint density at radius 1 is 1.56 bits per heavy atom. The molecule has 0 aliphatic carbocycles. The molecule has 7 nitrogen and oxygen atoms in total. The van der Waals surface area contributed by atoms with E-state index in [1.165, 1.54) is 25.6 Å². The first kappa shape index (κ1) is 14.6. The zero-order valence-electron chi connectivity index (χ0n) is 10.0.